The van der Waals surface area contributed by atoms with E-state index in [1.165, 1.54) is 0 Å². The Balaban J connectivity index is -0.0000000750. The molecule has 2 unspecified atom stereocenters. The Morgan fingerprint density at radius 1 is 0.889 bits per heavy atom. The fourth-order valence-electron chi connectivity index (χ4n) is 0. The summed E-state index contributed by atoms with van der Waals surface area (Å²) < 4.78 is 51.6. The molecule has 2 atom stereocenters. The summed E-state index contributed by atoms with van der Waals surface area (Å²) in [5, 5.41) is 16.8. The Kier molecular flexibility index (Phi) is 27.9. The molecular weight excluding hydrogens is 605 g/mol. The van der Waals surface area contributed by atoms with E-state index in [4.69, 9.17) is 31.4 Å². The minimum absolute atomic E-state index is 0.593. The van der Waals surface area contributed by atoms with E-state index in [0.29, 0.717) is 0 Å². The second-order valence-electron chi connectivity index (χ2n) is 2.56. The SMILES string of the molecule is C/C=C\C.CC(O)C(C)O.[O]=[Os](=[O])(=[O])=[O].[O]=[Os]=[O]. The third-order valence-electron chi connectivity index (χ3n) is 1.03. The normalized spacial score (nSPS) is 12.8. The standard InChI is InChI=1S/C4H10O2.C4H8.6O.2Os/c1-3(5)4(2)6;1-3-4-2;;;;;;;;/h3-6H,1-2H3;3-4H,1-2H3;;;;;;;;/b;4-3-;;;;;;;;. The van der Waals surface area contributed by atoms with Gasteiger partial charge in [0.1, 0.15) is 0 Å². The maximum atomic E-state index is 8.63. The molecule has 0 rings (SSSR count). The molecule has 0 amide bonds. The van der Waals surface area contributed by atoms with Crippen molar-refractivity contribution < 1.29 is 63.6 Å². The summed E-state index contributed by atoms with van der Waals surface area (Å²) in [6.45, 7) is 7.09. The molecule has 0 aliphatic carbocycles. The van der Waals surface area contributed by atoms with Crippen LogP contribution in [0.25, 0.3) is 0 Å². The van der Waals surface area contributed by atoms with Crippen LogP contribution in [0.3, 0.4) is 0 Å². The van der Waals surface area contributed by atoms with Crippen LogP contribution in [0.2, 0.25) is 0 Å². The fraction of sp³-hybridized carbons (Fsp3) is 0.750. The molecule has 8 nitrogen and oxygen atoms in total. The molecule has 0 aromatic carbocycles. The Bertz CT molecular complexity index is 373. The van der Waals surface area contributed by atoms with Crippen LogP contribution in [-0.4, -0.2) is 22.4 Å². The number of hydrogen-bond acceptors (Lipinski definition) is 8. The molecule has 0 radical (unpaired) electrons. The van der Waals surface area contributed by atoms with Crippen molar-refractivity contribution in [3.05, 3.63) is 12.2 Å². The second kappa shape index (κ2) is 19.1. The molecule has 0 aromatic heterocycles. The zero-order chi connectivity index (χ0) is 15.8. The Morgan fingerprint density at radius 3 is 1.00 bits per heavy atom. The van der Waals surface area contributed by atoms with Crippen molar-refractivity contribution in [2.75, 3.05) is 0 Å². The zero-order valence-electron chi connectivity index (χ0n) is 10.4. The van der Waals surface area contributed by atoms with Gasteiger partial charge in [0.2, 0.25) is 0 Å². The van der Waals surface area contributed by atoms with E-state index in [-0.39, 0.29) is 0 Å². The molecule has 0 fully saturated rings. The van der Waals surface area contributed by atoms with Gasteiger partial charge in [-0.05, 0) is 27.7 Å². The van der Waals surface area contributed by atoms with Crippen LogP contribution >= 0.6 is 0 Å². The van der Waals surface area contributed by atoms with Crippen molar-refractivity contribution in [2.45, 2.75) is 39.9 Å². The van der Waals surface area contributed by atoms with Gasteiger partial charge in [-0.15, -0.1) is 0 Å². The van der Waals surface area contributed by atoms with Crippen LogP contribution in [-0.2, 0) is 53.4 Å². The zero-order valence-corrected chi connectivity index (χ0v) is 15.4. The van der Waals surface area contributed by atoms with E-state index in [9.17, 15) is 0 Å². The number of aliphatic hydroxyl groups excluding tert-OH is 2. The Labute approximate surface area is 115 Å². The molecule has 0 saturated heterocycles. The van der Waals surface area contributed by atoms with E-state index in [0.717, 1.165) is 0 Å². The minimum atomic E-state index is -6.06. The second-order valence-corrected chi connectivity index (χ2v) is 5.52. The molecule has 10 heteroatoms. The van der Waals surface area contributed by atoms with Gasteiger partial charge in [-0.1, -0.05) is 12.2 Å². The van der Waals surface area contributed by atoms with E-state index >= 15 is 0 Å². The van der Waals surface area contributed by atoms with Crippen LogP contribution in [0, 0.1) is 0 Å². The van der Waals surface area contributed by atoms with Crippen molar-refractivity contribution in [1.82, 2.24) is 0 Å². The first-order chi connectivity index (χ1) is 7.97. The molecule has 0 bridgehead atoms. The van der Waals surface area contributed by atoms with Crippen molar-refractivity contribution in [3.63, 3.8) is 0 Å². The van der Waals surface area contributed by atoms with Crippen molar-refractivity contribution in [1.29, 1.82) is 0 Å². The molecule has 0 saturated carbocycles. The molecular formula is C8H18O8Os2. The van der Waals surface area contributed by atoms with Gasteiger partial charge in [0.05, 0.1) is 12.2 Å². The van der Waals surface area contributed by atoms with E-state index in [1.807, 2.05) is 26.0 Å². The Morgan fingerprint density at radius 2 is 1.00 bits per heavy atom. The van der Waals surface area contributed by atoms with Crippen LogP contribution in [0.15, 0.2) is 12.2 Å². The molecule has 18 heavy (non-hydrogen) atoms. The summed E-state index contributed by atoms with van der Waals surface area (Å²) in [6, 6.07) is 0. The van der Waals surface area contributed by atoms with Gasteiger partial charge in [-0.25, -0.2) is 0 Å². The topological polar surface area (TPSA) is 143 Å². The molecule has 114 valence electrons. The molecule has 2 N–H and O–H groups in total. The fourth-order valence-corrected chi connectivity index (χ4v) is 0. The van der Waals surface area contributed by atoms with Crippen molar-refractivity contribution >= 4 is 0 Å². The number of hydrogen-bond donors (Lipinski definition) is 2. The maximum absolute atomic E-state index is 8.63. The molecule has 0 aromatic rings. The van der Waals surface area contributed by atoms with E-state index in [1.54, 1.807) is 13.8 Å². The number of aliphatic hydroxyl groups is 2. The average Bonchev–Trinajstić information content (AvgIpc) is 2.16. The summed E-state index contributed by atoms with van der Waals surface area (Å²) >= 11 is -8.14. The summed E-state index contributed by atoms with van der Waals surface area (Å²) in [5.41, 5.74) is 0. The van der Waals surface area contributed by atoms with Gasteiger partial charge >= 0.3 is 53.4 Å². The average molecular weight is 623 g/mol. The number of allylic oxidation sites excluding steroid dienone is 2. The first kappa shape index (κ1) is 26.3. The summed E-state index contributed by atoms with van der Waals surface area (Å²) in [4.78, 5) is 0. The molecule has 0 aliphatic heterocycles. The first-order valence-corrected chi connectivity index (χ1v) is 10.6. The van der Waals surface area contributed by atoms with Crippen molar-refractivity contribution in [3.8, 4) is 0 Å². The summed E-state index contributed by atoms with van der Waals surface area (Å²) in [5.74, 6) is 0. The van der Waals surface area contributed by atoms with Gasteiger partial charge in [0.15, 0.2) is 0 Å². The Hall–Kier alpha value is -0.267. The van der Waals surface area contributed by atoms with Crippen molar-refractivity contribution in [2.24, 2.45) is 0 Å². The predicted molar refractivity (Wildman–Crippen MR) is 48.0 cm³/mol. The number of rotatable bonds is 1. The summed E-state index contributed by atoms with van der Waals surface area (Å²) in [7, 11) is 0. The predicted octanol–water partition coefficient (Wildman–Crippen LogP) is 0.613. The quantitative estimate of drug-likeness (QED) is 0.406. The third kappa shape index (κ3) is 152. The van der Waals surface area contributed by atoms with Crippen LogP contribution in [0.5, 0.6) is 0 Å². The molecule has 0 spiro atoms. The monoisotopic (exact) mass is 626 g/mol. The summed E-state index contributed by atoms with van der Waals surface area (Å²) in [6.07, 6.45) is 2.81. The third-order valence-corrected chi connectivity index (χ3v) is 1.03. The van der Waals surface area contributed by atoms with Gasteiger partial charge < -0.3 is 10.2 Å². The van der Waals surface area contributed by atoms with Gasteiger partial charge in [-0.3, -0.25) is 0 Å². The van der Waals surface area contributed by atoms with E-state index < -0.39 is 44.4 Å². The molecule has 0 heterocycles. The van der Waals surface area contributed by atoms with Crippen LogP contribution in [0.4, 0.5) is 0 Å². The van der Waals surface area contributed by atoms with Gasteiger partial charge in [0.25, 0.3) is 0 Å². The first-order valence-electron chi connectivity index (χ1n) is 4.36. The molecule has 0 aliphatic rings. The van der Waals surface area contributed by atoms with Crippen LogP contribution < -0.4 is 0 Å². The van der Waals surface area contributed by atoms with Gasteiger partial charge in [0, 0.05) is 0 Å². The van der Waals surface area contributed by atoms with E-state index in [2.05, 4.69) is 0 Å². The van der Waals surface area contributed by atoms with Crippen LogP contribution in [0.1, 0.15) is 27.7 Å². The van der Waals surface area contributed by atoms with Gasteiger partial charge in [-0.2, -0.15) is 0 Å².